The van der Waals surface area contributed by atoms with Crippen molar-refractivity contribution in [2.24, 2.45) is 7.05 Å². The molecule has 8 heteroatoms. The standard InChI is InChI=1S/C21H24N6O2/c1-13-22-18(9-19(23-13)27-15(12-28)7-8-20(27)29)26-10-14(11-26)21-24-16-5-3-4-6-17(16)25(21)2/h3-6,9,14-15,28H,7-8,10-12H2,1-2H3. The van der Waals surface area contributed by atoms with E-state index in [1.165, 1.54) is 0 Å². The van der Waals surface area contributed by atoms with Gasteiger partial charge in [-0.2, -0.15) is 0 Å². The van der Waals surface area contributed by atoms with Gasteiger partial charge in [-0.25, -0.2) is 15.0 Å². The first-order valence-corrected chi connectivity index (χ1v) is 10.00. The maximum atomic E-state index is 12.3. The third-order valence-corrected chi connectivity index (χ3v) is 5.99. The average molecular weight is 392 g/mol. The second-order valence-electron chi connectivity index (χ2n) is 7.89. The van der Waals surface area contributed by atoms with Crippen molar-refractivity contribution in [3.63, 3.8) is 0 Å². The molecule has 5 rings (SSSR count). The number of carbonyl (C=O) groups is 1. The van der Waals surface area contributed by atoms with Crippen LogP contribution in [0.4, 0.5) is 11.6 Å². The molecule has 8 nitrogen and oxygen atoms in total. The van der Waals surface area contributed by atoms with Crippen LogP contribution in [0, 0.1) is 6.92 Å². The molecule has 4 heterocycles. The van der Waals surface area contributed by atoms with Gasteiger partial charge in [0.15, 0.2) is 0 Å². The summed E-state index contributed by atoms with van der Waals surface area (Å²) in [6.45, 7) is 3.43. The quantitative estimate of drug-likeness (QED) is 0.728. The number of aliphatic hydroxyl groups is 1. The van der Waals surface area contributed by atoms with Crippen molar-refractivity contribution in [1.82, 2.24) is 19.5 Å². The van der Waals surface area contributed by atoms with Crippen LogP contribution in [0.25, 0.3) is 11.0 Å². The molecule has 2 aliphatic heterocycles. The summed E-state index contributed by atoms with van der Waals surface area (Å²) in [6, 6.07) is 9.84. The monoisotopic (exact) mass is 392 g/mol. The van der Waals surface area contributed by atoms with E-state index >= 15 is 0 Å². The predicted octanol–water partition coefficient (Wildman–Crippen LogP) is 1.76. The van der Waals surface area contributed by atoms with Gasteiger partial charge in [-0.3, -0.25) is 9.69 Å². The number of benzene rings is 1. The number of hydrogen-bond acceptors (Lipinski definition) is 6. The number of aryl methyl sites for hydroxylation is 2. The van der Waals surface area contributed by atoms with Gasteiger partial charge >= 0.3 is 0 Å². The molecular formula is C21H24N6O2. The molecule has 2 saturated heterocycles. The van der Waals surface area contributed by atoms with Gasteiger partial charge in [0.25, 0.3) is 0 Å². The Bertz CT molecular complexity index is 1090. The molecule has 1 aromatic carbocycles. The first kappa shape index (κ1) is 18.1. The molecule has 2 aliphatic rings. The van der Waals surface area contributed by atoms with Crippen molar-refractivity contribution < 1.29 is 9.90 Å². The van der Waals surface area contributed by atoms with Crippen LogP contribution in [0.5, 0.6) is 0 Å². The summed E-state index contributed by atoms with van der Waals surface area (Å²) in [7, 11) is 2.06. The number of carbonyl (C=O) groups excluding carboxylic acids is 1. The fourth-order valence-corrected chi connectivity index (χ4v) is 4.41. The summed E-state index contributed by atoms with van der Waals surface area (Å²) in [6.07, 6.45) is 1.11. The minimum atomic E-state index is -0.200. The molecule has 0 bridgehead atoms. The largest absolute Gasteiger partial charge is 0.394 e. The zero-order valence-corrected chi connectivity index (χ0v) is 16.6. The number of hydrogen-bond donors (Lipinski definition) is 1. The molecular weight excluding hydrogens is 368 g/mol. The van der Waals surface area contributed by atoms with Crippen molar-refractivity contribution in [3.05, 3.63) is 42.0 Å². The highest BCUT2D eigenvalue weighted by Crippen LogP contribution is 2.34. The van der Waals surface area contributed by atoms with E-state index in [4.69, 9.17) is 4.98 Å². The molecule has 1 unspecified atom stereocenters. The Morgan fingerprint density at radius 1 is 1.14 bits per heavy atom. The number of para-hydroxylation sites is 2. The lowest BCUT2D eigenvalue weighted by Gasteiger charge is -2.40. The van der Waals surface area contributed by atoms with E-state index in [-0.39, 0.29) is 18.6 Å². The highest BCUT2D eigenvalue weighted by Gasteiger charge is 2.36. The first-order chi connectivity index (χ1) is 14.0. The van der Waals surface area contributed by atoms with E-state index in [2.05, 4.69) is 32.5 Å². The number of nitrogens with zero attached hydrogens (tertiary/aromatic N) is 6. The van der Waals surface area contributed by atoms with E-state index in [1.807, 2.05) is 31.2 Å². The topological polar surface area (TPSA) is 87.4 Å². The molecule has 2 fully saturated rings. The van der Waals surface area contributed by atoms with Gasteiger partial charge in [-0.05, 0) is 25.5 Å². The molecule has 3 aromatic rings. The van der Waals surface area contributed by atoms with E-state index in [1.54, 1.807) is 4.90 Å². The molecule has 2 aromatic heterocycles. The van der Waals surface area contributed by atoms with Gasteiger partial charge in [0.2, 0.25) is 5.91 Å². The van der Waals surface area contributed by atoms with Gasteiger partial charge < -0.3 is 14.6 Å². The number of imidazole rings is 1. The van der Waals surface area contributed by atoms with Gasteiger partial charge in [0.1, 0.15) is 23.3 Å². The Hall–Kier alpha value is -3.00. The fraction of sp³-hybridized carbons (Fsp3) is 0.429. The molecule has 1 atom stereocenters. The van der Waals surface area contributed by atoms with E-state index in [0.29, 0.717) is 30.4 Å². The maximum absolute atomic E-state index is 12.3. The summed E-state index contributed by atoms with van der Waals surface area (Å²) < 4.78 is 2.17. The first-order valence-electron chi connectivity index (χ1n) is 10.00. The van der Waals surface area contributed by atoms with Gasteiger partial charge in [-0.15, -0.1) is 0 Å². The van der Waals surface area contributed by atoms with Crippen LogP contribution in [0.3, 0.4) is 0 Å². The SMILES string of the molecule is Cc1nc(N2CC(c3nc4ccccc4n3C)C2)cc(N2C(=O)CCC2CO)n1. The predicted molar refractivity (Wildman–Crippen MR) is 110 cm³/mol. The summed E-state index contributed by atoms with van der Waals surface area (Å²) in [5.74, 6) is 3.46. The molecule has 0 radical (unpaired) electrons. The minimum Gasteiger partial charge on any atom is -0.394 e. The van der Waals surface area contributed by atoms with Crippen LogP contribution in [0.1, 0.15) is 30.4 Å². The maximum Gasteiger partial charge on any atom is 0.228 e. The van der Waals surface area contributed by atoms with E-state index in [0.717, 1.165) is 35.8 Å². The van der Waals surface area contributed by atoms with Gasteiger partial charge in [0.05, 0.1) is 29.6 Å². The fourth-order valence-electron chi connectivity index (χ4n) is 4.41. The molecule has 1 N–H and O–H groups in total. The molecule has 0 spiro atoms. The molecule has 1 amide bonds. The third-order valence-electron chi connectivity index (χ3n) is 5.99. The number of aromatic nitrogens is 4. The lowest BCUT2D eigenvalue weighted by molar-refractivity contribution is -0.117. The number of rotatable bonds is 4. The zero-order valence-electron chi connectivity index (χ0n) is 16.6. The third kappa shape index (κ3) is 2.95. The van der Waals surface area contributed by atoms with Crippen molar-refractivity contribution in [2.75, 3.05) is 29.5 Å². The van der Waals surface area contributed by atoms with Crippen molar-refractivity contribution in [1.29, 1.82) is 0 Å². The smallest absolute Gasteiger partial charge is 0.228 e. The number of fused-ring (bicyclic) bond motifs is 1. The second kappa shape index (κ2) is 6.81. The van der Waals surface area contributed by atoms with Crippen LogP contribution in [-0.2, 0) is 11.8 Å². The number of aliphatic hydroxyl groups excluding tert-OH is 1. The molecule has 29 heavy (non-hydrogen) atoms. The summed E-state index contributed by atoms with van der Waals surface area (Å²) >= 11 is 0. The second-order valence-corrected chi connectivity index (χ2v) is 7.89. The Balaban J connectivity index is 1.38. The Morgan fingerprint density at radius 3 is 2.66 bits per heavy atom. The number of anilines is 2. The van der Waals surface area contributed by atoms with Crippen LogP contribution in [-0.4, -0.2) is 56.3 Å². The summed E-state index contributed by atoms with van der Waals surface area (Å²) in [5, 5.41) is 9.61. The Morgan fingerprint density at radius 2 is 1.90 bits per heavy atom. The summed E-state index contributed by atoms with van der Waals surface area (Å²) in [4.78, 5) is 30.0. The highest BCUT2D eigenvalue weighted by atomic mass is 16.3. The van der Waals surface area contributed by atoms with Crippen LogP contribution >= 0.6 is 0 Å². The van der Waals surface area contributed by atoms with Crippen molar-refractivity contribution in [3.8, 4) is 0 Å². The molecule has 0 saturated carbocycles. The van der Waals surface area contributed by atoms with Crippen molar-refractivity contribution in [2.45, 2.75) is 31.7 Å². The van der Waals surface area contributed by atoms with E-state index < -0.39 is 0 Å². The van der Waals surface area contributed by atoms with Gasteiger partial charge in [0, 0.05) is 32.6 Å². The summed E-state index contributed by atoms with van der Waals surface area (Å²) in [5.41, 5.74) is 2.16. The lowest BCUT2D eigenvalue weighted by atomic mass is 9.99. The van der Waals surface area contributed by atoms with Gasteiger partial charge in [-0.1, -0.05) is 12.1 Å². The van der Waals surface area contributed by atoms with Crippen LogP contribution < -0.4 is 9.80 Å². The number of amides is 1. The van der Waals surface area contributed by atoms with Crippen LogP contribution in [0.15, 0.2) is 30.3 Å². The minimum absolute atomic E-state index is 0.00860. The zero-order chi connectivity index (χ0) is 20.1. The lowest BCUT2D eigenvalue weighted by Crippen LogP contribution is -2.46. The normalized spacial score (nSPS) is 20.0. The van der Waals surface area contributed by atoms with Crippen molar-refractivity contribution >= 4 is 28.6 Å². The molecule has 150 valence electrons. The Labute approximate surface area is 168 Å². The highest BCUT2D eigenvalue weighted by molar-refractivity contribution is 5.95. The Kier molecular flexibility index (Phi) is 4.24. The molecule has 0 aliphatic carbocycles. The van der Waals surface area contributed by atoms with E-state index in [9.17, 15) is 9.90 Å². The average Bonchev–Trinajstić information content (AvgIpc) is 3.21. The van der Waals surface area contributed by atoms with Crippen LogP contribution in [0.2, 0.25) is 0 Å².